The molecule has 1 aliphatic rings. The van der Waals surface area contributed by atoms with Crippen LogP contribution in [0.1, 0.15) is 70.1 Å². The Hall–Kier alpha value is -2.15. The molecule has 0 saturated heterocycles. The van der Waals surface area contributed by atoms with Crippen LogP contribution in [-0.4, -0.2) is 31.3 Å². The molecule has 0 fully saturated rings. The highest BCUT2D eigenvalue weighted by Crippen LogP contribution is 2.41. The lowest BCUT2D eigenvalue weighted by atomic mass is 9.91. The summed E-state index contributed by atoms with van der Waals surface area (Å²) in [5, 5.41) is 13.4. The van der Waals surface area contributed by atoms with Crippen molar-refractivity contribution in [1.29, 1.82) is 0 Å². The molecular formula is C26H37F3N2O2. The average molecular weight is 467 g/mol. The summed E-state index contributed by atoms with van der Waals surface area (Å²) >= 11 is 0. The van der Waals surface area contributed by atoms with Gasteiger partial charge in [0.2, 0.25) is 0 Å². The lowest BCUT2D eigenvalue weighted by Gasteiger charge is -2.25. The summed E-state index contributed by atoms with van der Waals surface area (Å²) < 4.78 is 46.0. The van der Waals surface area contributed by atoms with Gasteiger partial charge in [-0.15, -0.1) is 0 Å². The Kier molecular flexibility index (Phi) is 8.74. The normalized spacial score (nSPS) is 16.4. The molecule has 0 bridgehead atoms. The molecule has 7 heteroatoms. The van der Waals surface area contributed by atoms with E-state index in [1.54, 1.807) is 0 Å². The third kappa shape index (κ3) is 6.46. The number of anilines is 1. The van der Waals surface area contributed by atoms with Crippen LogP contribution in [0.25, 0.3) is 16.7 Å². The number of nitrogens with one attached hydrogen (secondary N) is 1. The van der Waals surface area contributed by atoms with E-state index in [-0.39, 0.29) is 6.61 Å². The minimum atomic E-state index is -4.40. The first kappa shape index (κ1) is 25.5. The van der Waals surface area contributed by atoms with Crippen molar-refractivity contribution in [2.45, 2.75) is 65.0 Å². The number of benzene rings is 1. The number of aliphatic hydroxyl groups excluding tert-OH is 1. The van der Waals surface area contributed by atoms with E-state index in [0.717, 1.165) is 44.7 Å². The monoisotopic (exact) mass is 466 g/mol. The third-order valence-electron chi connectivity index (χ3n) is 6.73. The van der Waals surface area contributed by atoms with Gasteiger partial charge in [0, 0.05) is 31.6 Å². The Morgan fingerprint density at radius 3 is 2.67 bits per heavy atom. The van der Waals surface area contributed by atoms with Crippen LogP contribution in [0, 0.1) is 11.8 Å². The summed E-state index contributed by atoms with van der Waals surface area (Å²) in [5.41, 5.74) is 1.07. The Labute approximate surface area is 194 Å². The first-order valence-corrected chi connectivity index (χ1v) is 12.2. The maximum atomic E-state index is 13.3. The number of alkyl halides is 3. The average Bonchev–Trinajstić information content (AvgIpc) is 3.09. The number of rotatable bonds is 11. The van der Waals surface area contributed by atoms with Crippen LogP contribution in [0.15, 0.2) is 29.2 Å². The van der Waals surface area contributed by atoms with E-state index in [4.69, 9.17) is 4.42 Å². The second-order valence-corrected chi connectivity index (χ2v) is 9.40. The molecule has 2 atom stereocenters. The number of unbranched alkanes of at least 4 members (excludes halogenated alkanes) is 2. The maximum absolute atomic E-state index is 13.3. The van der Waals surface area contributed by atoms with Gasteiger partial charge in [-0.2, -0.15) is 13.2 Å². The van der Waals surface area contributed by atoms with Gasteiger partial charge in [0.1, 0.15) is 5.58 Å². The second-order valence-electron chi connectivity index (χ2n) is 9.40. The number of hydrogen-bond acceptors (Lipinski definition) is 4. The minimum Gasteiger partial charge on any atom is -0.452 e. The van der Waals surface area contributed by atoms with Crippen molar-refractivity contribution in [2.75, 3.05) is 31.1 Å². The Morgan fingerprint density at radius 1 is 1.18 bits per heavy atom. The topological polar surface area (TPSA) is 48.6 Å². The summed E-state index contributed by atoms with van der Waals surface area (Å²) in [4.78, 5) is 2.13. The number of halogens is 3. The van der Waals surface area contributed by atoms with Crippen LogP contribution >= 0.6 is 0 Å². The van der Waals surface area contributed by atoms with E-state index in [2.05, 4.69) is 30.6 Å². The highest BCUT2D eigenvalue weighted by molar-refractivity contribution is 5.97. The van der Waals surface area contributed by atoms with Crippen LogP contribution in [-0.2, 0) is 6.18 Å². The zero-order valence-electron chi connectivity index (χ0n) is 19.8. The predicted molar refractivity (Wildman–Crippen MR) is 128 cm³/mol. The fourth-order valence-corrected chi connectivity index (χ4v) is 4.59. The van der Waals surface area contributed by atoms with Crippen LogP contribution in [0.2, 0.25) is 0 Å². The van der Waals surface area contributed by atoms with Gasteiger partial charge in [-0.3, -0.25) is 0 Å². The SMILES string of the molecule is C=C1NCCN(CCC(C)CCC(CO)CCCCC)c2c1oc1ccc(C(F)(F)F)cc21. The fourth-order valence-electron chi connectivity index (χ4n) is 4.59. The van der Waals surface area contributed by atoms with Gasteiger partial charge in [0.05, 0.1) is 16.9 Å². The van der Waals surface area contributed by atoms with Crippen molar-refractivity contribution < 1.29 is 22.7 Å². The summed E-state index contributed by atoms with van der Waals surface area (Å²) in [7, 11) is 0. The molecule has 184 valence electrons. The number of furan rings is 1. The molecule has 0 spiro atoms. The second kappa shape index (κ2) is 11.3. The molecule has 1 aromatic heterocycles. The predicted octanol–water partition coefficient (Wildman–Crippen LogP) is 6.83. The highest BCUT2D eigenvalue weighted by atomic mass is 19.4. The fraction of sp³-hybridized carbons (Fsp3) is 0.615. The zero-order chi connectivity index (χ0) is 24.0. The molecule has 0 aliphatic carbocycles. The van der Waals surface area contributed by atoms with E-state index in [1.807, 2.05) is 0 Å². The van der Waals surface area contributed by atoms with E-state index in [1.165, 1.54) is 25.0 Å². The van der Waals surface area contributed by atoms with E-state index in [0.29, 0.717) is 53.0 Å². The molecule has 0 radical (unpaired) electrons. The molecule has 2 N–H and O–H groups in total. The molecule has 0 amide bonds. The first-order valence-electron chi connectivity index (χ1n) is 12.2. The van der Waals surface area contributed by atoms with Crippen LogP contribution in [0.3, 0.4) is 0 Å². The van der Waals surface area contributed by atoms with Crippen molar-refractivity contribution in [2.24, 2.45) is 11.8 Å². The summed E-state index contributed by atoms with van der Waals surface area (Å²) in [6, 6.07) is 3.65. The molecular weight excluding hydrogens is 429 g/mol. The Balaban J connectivity index is 1.71. The maximum Gasteiger partial charge on any atom is 0.416 e. The standard InChI is InChI=1S/C26H37F3N2O2/c1-4-5-6-7-20(17-32)9-8-18(2)12-14-31-15-13-30-19(3)25-24(31)22-16-21(26(27,28)29)10-11-23(22)33-25/h10-11,16,18,20,30,32H,3-9,12-15,17H2,1-2H3. The molecule has 3 rings (SSSR count). The first-order chi connectivity index (χ1) is 15.7. The molecule has 1 aliphatic heterocycles. The van der Waals surface area contributed by atoms with E-state index >= 15 is 0 Å². The summed E-state index contributed by atoms with van der Waals surface area (Å²) in [6.07, 6.45) is 3.18. The Bertz CT molecular complexity index is 922. The van der Waals surface area contributed by atoms with Gasteiger partial charge in [-0.05, 0) is 49.3 Å². The van der Waals surface area contributed by atoms with Gasteiger partial charge in [0.15, 0.2) is 5.76 Å². The highest BCUT2D eigenvalue weighted by Gasteiger charge is 2.32. The van der Waals surface area contributed by atoms with Crippen molar-refractivity contribution in [3.8, 4) is 0 Å². The van der Waals surface area contributed by atoms with Gasteiger partial charge in [-0.25, -0.2) is 0 Å². The summed E-state index contributed by atoms with van der Waals surface area (Å²) in [6.45, 7) is 10.7. The number of fused-ring (bicyclic) bond motifs is 3. The molecule has 2 unspecified atom stereocenters. The van der Waals surface area contributed by atoms with Gasteiger partial charge >= 0.3 is 6.18 Å². The van der Waals surface area contributed by atoms with Crippen molar-refractivity contribution in [1.82, 2.24) is 5.32 Å². The zero-order valence-corrected chi connectivity index (χ0v) is 19.8. The molecule has 0 saturated carbocycles. The van der Waals surface area contributed by atoms with Crippen LogP contribution in [0.4, 0.5) is 18.9 Å². The van der Waals surface area contributed by atoms with Crippen molar-refractivity contribution >= 4 is 22.4 Å². The molecule has 2 heterocycles. The lowest BCUT2D eigenvalue weighted by molar-refractivity contribution is -0.137. The van der Waals surface area contributed by atoms with Gasteiger partial charge in [0.25, 0.3) is 0 Å². The number of aliphatic hydroxyl groups is 1. The molecule has 4 nitrogen and oxygen atoms in total. The summed E-state index contributed by atoms with van der Waals surface area (Å²) in [5.74, 6) is 1.33. The molecule has 33 heavy (non-hydrogen) atoms. The minimum absolute atomic E-state index is 0.238. The largest absolute Gasteiger partial charge is 0.452 e. The van der Waals surface area contributed by atoms with E-state index in [9.17, 15) is 18.3 Å². The number of nitrogens with zero attached hydrogens (tertiary/aromatic N) is 1. The van der Waals surface area contributed by atoms with E-state index < -0.39 is 11.7 Å². The van der Waals surface area contributed by atoms with Crippen LogP contribution in [0.5, 0.6) is 0 Å². The quantitative estimate of drug-likeness (QED) is 0.357. The van der Waals surface area contributed by atoms with Crippen LogP contribution < -0.4 is 10.2 Å². The third-order valence-corrected chi connectivity index (χ3v) is 6.73. The molecule has 1 aromatic carbocycles. The lowest BCUT2D eigenvalue weighted by Crippen LogP contribution is -2.30. The van der Waals surface area contributed by atoms with Crippen molar-refractivity contribution in [3.05, 3.63) is 36.1 Å². The smallest absolute Gasteiger partial charge is 0.416 e. The molecule has 2 aromatic rings. The number of hydrogen-bond donors (Lipinski definition) is 2. The van der Waals surface area contributed by atoms with Gasteiger partial charge in [-0.1, -0.05) is 46.1 Å². The van der Waals surface area contributed by atoms with Gasteiger partial charge < -0.3 is 19.7 Å². The van der Waals surface area contributed by atoms with Crippen molar-refractivity contribution in [3.63, 3.8) is 0 Å². The Morgan fingerprint density at radius 2 is 1.97 bits per heavy atom.